The number of nitrogens with one attached hydrogen (secondary N) is 1. The Morgan fingerprint density at radius 1 is 1.12 bits per heavy atom. The molecule has 2 aliphatic rings. The van der Waals surface area contributed by atoms with Crippen LogP contribution in [-0.2, 0) is 11.2 Å². The van der Waals surface area contributed by atoms with E-state index in [2.05, 4.69) is 63.2 Å². The minimum atomic E-state index is -2.01. The van der Waals surface area contributed by atoms with E-state index in [1.807, 2.05) is 62.8 Å². The number of carbonyl (C=O) groups excluding carboxylic acids is 1. The molecule has 0 radical (unpaired) electrons. The molecule has 278 valence electrons. The van der Waals surface area contributed by atoms with E-state index in [0.717, 1.165) is 69.7 Å². The van der Waals surface area contributed by atoms with Crippen molar-refractivity contribution in [1.29, 1.82) is 0 Å². The molecular formula is C40H55N7O4Si. The third-order valence-corrected chi connectivity index (χ3v) is 15.4. The number of hydrogen-bond acceptors (Lipinski definition) is 8. The van der Waals surface area contributed by atoms with Gasteiger partial charge in [0.05, 0.1) is 35.8 Å². The third-order valence-electron chi connectivity index (χ3n) is 11.0. The quantitative estimate of drug-likeness (QED) is 0.0999. The molecule has 1 atom stereocenters. The highest BCUT2D eigenvalue weighted by Crippen LogP contribution is 2.50. The fraction of sp³-hybridized carbons (Fsp3) is 0.500. The molecular weight excluding hydrogens is 671 g/mol. The molecule has 1 amide bonds. The van der Waals surface area contributed by atoms with Gasteiger partial charge in [0.25, 0.3) is 0 Å². The van der Waals surface area contributed by atoms with Crippen LogP contribution in [0.15, 0.2) is 53.9 Å². The van der Waals surface area contributed by atoms with Crippen LogP contribution < -0.4 is 20.2 Å². The van der Waals surface area contributed by atoms with Crippen LogP contribution >= 0.6 is 0 Å². The van der Waals surface area contributed by atoms with Crippen LogP contribution in [-0.4, -0.2) is 71.6 Å². The number of carbonyl (C=O) groups is 1. The molecule has 4 aromatic rings. The number of hydrogen-bond donors (Lipinski definition) is 2. The molecule has 0 bridgehead atoms. The predicted molar refractivity (Wildman–Crippen MR) is 211 cm³/mol. The van der Waals surface area contributed by atoms with Crippen LogP contribution in [0.5, 0.6) is 11.6 Å². The van der Waals surface area contributed by atoms with E-state index in [-0.39, 0.29) is 22.6 Å². The summed E-state index contributed by atoms with van der Waals surface area (Å²) in [6, 6.07) is 10.3. The number of aromatic nitrogens is 3. The Morgan fingerprint density at radius 2 is 1.85 bits per heavy atom. The summed E-state index contributed by atoms with van der Waals surface area (Å²) in [5.41, 5.74) is 13.7. The number of nitrogens with zero attached hydrogens (tertiary/aromatic N) is 5. The highest BCUT2D eigenvalue weighted by Gasteiger charge is 2.57. The number of anilines is 1. The van der Waals surface area contributed by atoms with Gasteiger partial charge in [-0.25, -0.2) is 19.3 Å². The van der Waals surface area contributed by atoms with Gasteiger partial charge in [-0.1, -0.05) is 27.7 Å². The van der Waals surface area contributed by atoms with E-state index in [0.29, 0.717) is 24.8 Å². The largest absolute Gasteiger partial charge is 0.543 e. The van der Waals surface area contributed by atoms with Crippen molar-refractivity contribution in [2.45, 2.75) is 104 Å². The summed E-state index contributed by atoms with van der Waals surface area (Å²) in [5.74, 6) is 1.80. The first-order chi connectivity index (χ1) is 24.3. The van der Waals surface area contributed by atoms with Crippen LogP contribution in [0.3, 0.4) is 0 Å². The van der Waals surface area contributed by atoms with Crippen molar-refractivity contribution < 1.29 is 18.7 Å². The van der Waals surface area contributed by atoms with Crippen LogP contribution in [0.2, 0.25) is 18.1 Å². The molecule has 1 unspecified atom stereocenters. The third kappa shape index (κ3) is 7.22. The molecule has 52 heavy (non-hydrogen) atoms. The Balaban J connectivity index is 1.36. The van der Waals surface area contributed by atoms with Gasteiger partial charge < -0.3 is 29.9 Å². The van der Waals surface area contributed by atoms with Crippen LogP contribution in [0.25, 0.3) is 16.6 Å². The number of likely N-dealkylation sites (tertiary alicyclic amines) is 1. The zero-order chi connectivity index (χ0) is 37.8. The summed E-state index contributed by atoms with van der Waals surface area (Å²) < 4.78 is 19.5. The molecule has 12 heteroatoms. The minimum Gasteiger partial charge on any atom is -0.543 e. The lowest BCUT2D eigenvalue weighted by Crippen LogP contribution is -2.70. The molecule has 2 fully saturated rings. The van der Waals surface area contributed by atoms with Gasteiger partial charge >= 0.3 is 6.09 Å². The maximum atomic E-state index is 12.8. The number of rotatable bonds is 9. The summed E-state index contributed by atoms with van der Waals surface area (Å²) in [6.07, 6.45) is 8.14. The highest BCUT2D eigenvalue weighted by atomic mass is 28.4. The Labute approximate surface area is 309 Å². The fourth-order valence-corrected chi connectivity index (χ4v) is 7.82. The Hall–Kier alpha value is -4.58. The molecule has 4 heterocycles. The number of benzene rings is 1. The van der Waals surface area contributed by atoms with Crippen molar-refractivity contribution in [3.63, 3.8) is 0 Å². The number of aryl methyl sites for hydroxylation is 2. The van der Waals surface area contributed by atoms with Gasteiger partial charge in [0.15, 0.2) is 0 Å². The zero-order valence-corrected chi connectivity index (χ0v) is 33.7. The number of nitrogens with two attached hydrogens (primary N) is 1. The van der Waals surface area contributed by atoms with Crippen molar-refractivity contribution in [3.05, 3.63) is 65.6 Å². The topological polar surface area (TPSA) is 129 Å². The lowest BCUT2D eigenvalue weighted by atomic mass is 9.59. The van der Waals surface area contributed by atoms with Gasteiger partial charge in [-0.2, -0.15) is 5.10 Å². The minimum absolute atomic E-state index is 0.0401. The van der Waals surface area contributed by atoms with E-state index in [9.17, 15) is 4.79 Å². The zero-order valence-electron chi connectivity index (χ0n) is 32.7. The Morgan fingerprint density at radius 3 is 2.44 bits per heavy atom. The second-order valence-corrected chi connectivity index (χ2v) is 21.7. The van der Waals surface area contributed by atoms with Crippen LogP contribution in [0.1, 0.15) is 78.0 Å². The van der Waals surface area contributed by atoms with Gasteiger partial charge in [0.2, 0.25) is 14.2 Å². The van der Waals surface area contributed by atoms with Crippen LogP contribution in [0.4, 0.5) is 16.2 Å². The standard InChI is InChI=1S/C40H55N7O4Si/c1-12-26-18-28(51-52(10,11)39(6,7)8)13-14-31(26)44-36(41)30-21-43-47-22-27(29-20-42-34(49-9)17-25(29)2)19-32(47)35(30)45-33-15-16-40(33)23-46(24-40)37(48)50-38(3,4)5/h13-14,17-22,33,45H,12,15-16,23-24H2,1-11H3,(H2,41,44). The fourth-order valence-electron chi connectivity index (χ4n) is 6.79. The smallest absolute Gasteiger partial charge is 0.410 e. The molecule has 3 N–H and O–H groups in total. The molecule has 1 aliphatic carbocycles. The predicted octanol–water partition coefficient (Wildman–Crippen LogP) is 8.51. The number of amides is 1. The van der Waals surface area contributed by atoms with Crippen molar-refractivity contribution in [1.82, 2.24) is 19.5 Å². The van der Waals surface area contributed by atoms with E-state index < -0.39 is 13.9 Å². The summed E-state index contributed by atoms with van der Waals surface area (Å²) in [5, 5.41) is 8.78. The van der Waals surface area contributed by atoms with Gasteiger partial charge in [-0.3, -0.25) is 0 Å². The average Bonchev–Trinajstić information content (AvgIpc) is 3.45. The lowest BCUT2D eigenvalue weighted by Gasteiger charge is -2.60. The molecule has 6 rings (SSSR count). The Bertz CT molecular complexity index is 2020. The SMILES string of the molecule is CCc1cc(O[Si](C)(C)C(C)(C)C)ccc1/N=C(\N)c1cnn2cc(-c3cnc(OC)cc3C)cc2c1NC1CCC12CN(C(=O)OC(C)(C)C)C2. The summed E-state index contributed by atoms with van der Waals surface area (Å²) in [6.45, 7) is 22.4. The first kappa shape index (κ1) is 37.2. The molecule has 1 aliphatic heterocycles. The molecule has 11 nitrogen and oxygen atoms in total. The van der Waals surface area contributed by atoms with Gasteiger partial charge in [-0.15, -0.1) is 0 Å². The van der Waals surface area contributed by atoms with Gasteiger partial charge in [-0.05, 0) is 100 Å². The summed E-state index contributed by atoms with van der Waals surface area (Å²) >= 11 is 0. The van der Waals surface area contributed by atoms with Crippen LogP contribution in [0, 0.1) is 12.3 Å². The van der Waals surface area contributed by atoms with E-state index >= 15 is 0 Å². The molecule has 3 aromatic heterocycles. The van der Waals surface area contributed by atoms with Crippen molar-refractivity contribution in [3.8, 4) is 22.8 Å². The molecule has 1 aromatic carbocycles. The number of fused-ring (bicyclic) bond motifs is 1. The molecule has 1 spiro atoms. The number of pyridine rings is 1. The Kier molecular flexibility index (Phi) is 9.61. The molecule has 1 saturated heterocycles. The maximum absolute atomic E-state index is 12.8. The normalized spacial score (nSPS) is 17.5. The lowest BCUT2D eigenvalue weighted by molar-refractivity contribution is -0.0768. The van der Waals surface area contributed by atoms with Gasteiger partial charge in [0.1, 0.15) is 17.2 Å². The second-order valence-electron chi connectivity index (χ2n) is 17.0. The first-order valence-corrected chi connectivity index (χ1v) is 21.2. The average molecular weight is 726 g/mol. The second kappa shape index (κ2) is 13.4. The molecule has 1 saturated carbocycles. The number of aliphatic imine (C=N–C) groups is 1. The van der Waals surface area contributed by atoms with E-state index in [4.69, 9.17) is 29.7 Å². The first-order valence-electron chi connectivity index (χ1n) is 18.3. The number of ether oxygens (including phenoxy) is 2. The maximum Gasteiger partial charge on any atom is 0.410 e. The monoisotopic (exact) mass is 725 g/mol. The highest BCUT2D eigenvalue weighted by molar-refractivity contribution is 6.74. The van der Waals surface area contributed by atoms with Gasteiger partial charge in [0, 0.05) is 54.1 Å². The van der Waals surface area contributed by atoms with Crippen molar-refractivity contribution >= 4 is 37.1 Å². The number of methoxy groups -OCH3 is 1. The number of amidine groups is 1. The van der Waals surface area contributed by atoms with Crippen molar-refractivity contribution in [2.24, 2.45) is 16.1 Å². The van der Waals surface area contributed by atoms with E-state index in [1.165, 1.54) is 0 Å². The van der Waals surface area contributed by atoms with E-state index in [1.54, 1.807) is 18.2 Å². The summed E-state index contributed by atoms with van der Waals surface area (Å²) in [4.78, 5) is 24.1. The van der Waals surface area contributed by atoms with Crippen molar-refractivity contribution in [2.75, 3.05) is 25.5 Å². The summed E-state index contributed by atoms with van der Waals surface area (Å²) in [7, 11) is -0.395.